The zero-order chi connectivity index (χ0) is 25.9. The van der Waals surface area contributed by atoms with Crippen LogP contribution in [-0.4, -0.2) is 27.7 Å². The molecule has 8 heteroatoms. The monoisotopic (exact) mass is 511 g/mol. The Hall–Kier alpha value is -4.17. The molecular weight excluding hydrogens is 482 g/mol. The number of carbonyl (C=O) groups excluding carboxylic acids is 1. The van der Waals surface area contributed by atoms with Crippen LogP contribution in [0.5, 0.6) is 5.75 Å². The minimum Gasteiger partial charge on any atom is -0.497 e. The van der Waals surface area contributed by atoms with Crippen LogP contribution in [-0.2, 0) is 4.79 Å². The number of anilines is 2. The van der Waals surface area contributed by atoms with Crippen molar-refractivity contribution in [1.82, 2.24) is 14.9 Å². The van der Waals surface area contributed by atoms with Crippen LogP contribution in [0.4, 0.5) is 11.4 Å². The summed E-state index contributed by atoms with van der Waals surface area (Å²) in [5, 5.41) is 7.11. The van der Waals surface area contributed by atoms with Crippen LogP contribution < -0.4 is 20.3 Å². The highest BCUT2D eigenvalue weighted by Crippen LogP contribution is 2.43. The smallest absolute Gasteiger partial charge is 0.224 e. The number of aromatic nitrogens is 2. The van der Waals surface area contributed by atoms with Gasteiger partial charge in [-0.2, -0.15) is 0 Å². The Labute approximate surface area is 222 Å². The highest BCUT2D eigenvalue weighted by molar-refractivity contribution is 7.80. The van der Waals surface area contributed by atoms with Gasteiger partial charge in [-0.15, -0.1) is 0 Å². The molecule has 0 radical (unpaired) electrons. The molecule has 1 amide bonds. The summed E-state index contributed by atoms with van der Waals surface area (Å²) in [5.41, 5.74) is 5.64. The van der Waals surface area contributed by atoms with Gasteiger partial charge in [0.15, 0.2) is 5.11 Å². The van der Waals surface area contributed by atoms with E-state index in [0.29, 0.717) is 11.5 Å². The Morgan fingerprint density at radius 1 is 1.08 bits per heavy atom. The molecular formula is C29H29N5O2S. The summed E-state index contributed by atoms with van der Waals surface area (Å²) >= 11 is 5.90. The lowest BCUT2D eigenvalue weighted by molar-refractivity contribution is -0.115. The first kappa shape index (κ1) is 24.5. The summed E-state index contributed by atoms with van der Waals surface area (Å²) in [6.45, 7) is 3.83. The van der Waals surface area contributed by atoms with Crippen molar-refractivity contribution >= 4 is 34.6 Å². The van der Waals surface area contributed by atoms with E-state index in [1.165, 1.54) is 0 Å². The molecule has 37 heavy (non-hydrogen) atoms. The molecule has 2 aromatic carbocycles. The Kier molecular flexibility index (Phi) is 6.92. The number of carbonyl (C=O) groups is 1. The lowest BCUT2D eigenvalue weighted by Gasteiger charge is -2.29. The van der Waals surface area contributed by atoms with Gasteiger partial charge in [-0.05, 0) is 79.3 Å². The van der Waals surface area contributed by atoms with Gasteiger partial charge in [-0.1, -0.05) is 19.1 Å². The highest BCUT2D eigenvalue weighted by atomic mass is 32.1. The number of methoxy groups -OCH3 is 1. The van der Waals surface area contributed by atoms with Crippen molar-refractivity contribution in [3.63, 3.8) is 0 Å². The van der Waals surface area contributed by atoms with Crippen molar-refractivity contribution in [2.24, 2.45) is 0 Å². The minimum absolute atomic E-state index is 0.0154. The van der Waals surface area contributed by atoms with Gasteiger partial charge in [0.25, 0.3) is 0 Å². The van der Waals surface area contributed by atoms with Crippen molar-refractivity contribution < 1.29 is 9.53 Å². The van der Waals surface area contributed by atoms with Gasteiger partial charge in [-0.3, -0.25) is 9.78 Å². The van der Waals surface area contributed by atoms with Gasteiger partial charge >= 0.3 is 0 Å². The summed E-state index contributed by atoms with van der Waals surface area (Å²) in [7, 11) is 1.67. The molecule has 2 atom stereocenters. The number of hydrogen-bond acceptors (Lipinski definition) is 4. The summed E-state index contributed by atoms with van der Waals surface area (Å²) in [6, 6.07) is 23.7. The van der Waals surface area contributed by atoms with Gasteiger partial charge in [0.05, 0.1) is 18.8 Å². The van der Waals surface area contributed by atoms with E-state index >= 15 is 0 Å². The molecule has 0 bridgehead atoms. The normalized spacial score (nSPS) is 16.9. The van der Waals surface area contributed by atoms with Gasteiger partial charge in [-0.25, -0.2) is 0 Å². The fraction of sp³-hybridized carbons (Fsp3) is 0.207. The molecule has 1 aliphatic heterocycles. The average Bonchev–Trinajstić information content (AvgIpc) is 3.54. The van der Waals surface area contributed by atoms with E-state index in [1.807, 2.05) is 74.6 Å². The first-order valence-electron chi connectivity index (χ1n) is 12.2. The van der Waals surface area contributed by atoms with Crippen LogP contribution in [0.15, 0.2) is 85.2 Å². The summed E-state index contributed by atoms with van der Waals surface area (Å²) < 4.78 is 7.64. The first-order chi connectivity index (χ1) is 18.0. The number of nitrogens with zero attached hydrogens (tertiary/aromatic N) is 3. The lowest BCUT2D eigenvalue weighted by atomic mass is 10.00. The predicted octanol–water partition coefficient (Wildman–Crippen LogP) is 5.71. The second-order valence-electron chi connectivity index (χ2n) is 8.90. The van der Waals surface area contributed by atoms with E-state index in [-0.39, 0.29) is 18.0 Å². The van der Waals surface area contributed by atoms with Crippen LogP contribution in [0, 0.1) is 6.92 Å². The van der Waals surface area contributed by atoms with Gasteiger partial charge in [0.2, 0.25) is 5.91 Å². The van der Waals surface area contributed by atoms with Crippen molar-refractivity contribution in [3.05, 3.63) is 102 Å². The number of ether oxygens (including phenoxy) is 1. The van der Waals surface area contributed by atoms with Crippen LogP contribution in [0.2, 0.25) is 0 Å². The zero-order valence-electron chi connectivity index (χ0n) is 21.0. The highest BCUT2D eigenvalue weighted by Gasteiger charge is 2.42. The number of nitrogens with one attached hydrogen (secondary N) is 2. The van der Waals surface area contributed by atoms with E-state index < -0.39 is 0 Å². The molecule has 0 aliphatic carbocycles. The molecule has 0 saturated carbocycles. The standard InChI is InChI=1S/C29H29N5O2S/c1-4-26(35)31-23-14-13-21(17-19(23)2)34-28(27(32-29(34)37)24-11-5-6-15-30-24)25-12-8-16-33(25)20-9-7-10-22(18-20)36-3/h5-18,27-28H,4H2,1-3H3,(H,31,35)(H,32,37)/t27-,28+/m1/s1. The SMILES string of the molecule is CCC(=O)Nc1ccc(N2C(=S)N[C@H](c3ccccn3)[C@@H]2c2cccn2-c2cccc(OC)c2)cc1C. The van der Waals surface area contributed by atoms with E-state index in [4.69, 9.17) is 17.0 Å². The number of aryl methyl sites for hydroxylation is 1. The van der Waals surface area contributed by atoms with Crippen molar-refractivity contribution in [2.75, 3.05) is 17.3 Å². The minimum atomic E-state index is -0.181. The molecule has 3 heterocycles. The second kappa shape index (κ2) is 10.4. The van der Waals surface area contributed by atoms with Crippen molar-refractivity contribution in [2.45, 2.75) is 32.4 Å². The molecule has 7 nitrogen and oxygen atoms in total. The molecule has 1 saturated heterocycles. The molecule has 0 spiro atoms. The van der Waals surface area contributed by atoms with E-state index in [9.17, 15) is 4.79 Å². The van der Waals surface area contributed by atoms with Crippen LogP contribution in [0.1, 0.15) is 42.4 Å². The third-order valence-electron chi connectivity index (χ3n) is 6.60. The molecule has 2 N–H and O–H groups in total. The largest absolute Gasteiger partial charge is 0.497 e. The van der Waals surface area contributed by atoms with E-state index in [1.54, 1.807) is 13.3 Å². The molecule has 1 fully saturated rings. The van der Waals surface area contributed by atoms with Crippen LogP contribution >= 0.6 is 12.2 Å². The summed E-state index contributed by atoms with van der Waals surface area (Å²) in [5.74, 6) is 0.772. The maximum atomic E-state index is 12.0. The Balaban J connectivity index is 1.61. The van der Waals surface area contributed by atoms with Gasteiger partial charge in [0.1, 0.15) is 11.8 Å². The fourth-order valence-electron chi connectivity index (χ4n) is 4.74. The molecule has 0 unspecified atom stereocenters. The van der Waals surface area contributed by atoms with Crippen LogP contribution in [0.3, 0.4) is 0 Å². The van der Waals surface area contributed by atoms with Gasteiger partial charge < -0.3 is 24.8 Å². The van der Waals surface area contributed by atoms with Crippen molar-refractivity contribution in [1.29, 1.82) is 0 Å². The first-order valence-corrected chi connectivity index (χ1v) is 12.6. The lowest BCUT2D eigenvalue weighted by Crippen LogP contribution is -2.30. The van der Waals surface area contributed by atoms with E-state index in [0.717, 1.165) is 39.8 Å². The Bertz CT molecular complexity index is 1440. The third-order valence-corrected chi connectivity index (χ3v) is 6.91. The number of amides is 1. The maximum absolute atomic E-state index is 12.0. The number of pyridine rings is 1. The number of benzene rings is 2. The second-order valence-corrected chi connectivity index (χ2v) is 9.29. The van der Waals surface area contributed by atoms with Crippen molar-refractivity contribution in [3.8, 4) is 11.4 Å². The zero-order valence-corrected chi connectivity index (χ0v) is 21.8. The fourth-order valence-corrected chi connectivity index (χ4v) is 5.09. The molecule has 4 aromatic rings. The average molecular weight is 512 g/mol. The molecule has 1 aliphatic rings. The number of thiocarbonyl (C=S) groups is 1. The molecule has 2 aromatic heterocycles. The van der Waals surface area contributed by atoms with Gasteiger partial charge in [0, 0.05) is 47.6 Å². The number of hydrogen-bond donors (Lipinski definition) is 2. The molecule has 188 valence electrons. The Morgan fingerprint density at radius 3 is 2.68 bits per heavy atom. The van der Waals surface area contributed by atoms with E-state index in [2.05, 4.69) is 43.3 Å². The molecule has 5 rings (SSSR count). The predicted molar refractivity (Wildman–Crippen MR) is 150 cm³/mol. The van der Waals surface area contributed by atoms with Crippen LogP contribution in [0.25, 0.3) is 5.69 Å². The third kappa shape index (κ3) is 4.80. The topological polar surface area (TPSA) is 71.4 Å². The summed E-state index contributed by atoms with van der Waals surface area (Å²) in [6.07, 6.45) is 4.28. The quantitative estimate of drug-likeness (QED) is 0.310. The number of rotatable bonds is 7. The Morgan fingerprint density at radius 2 is 1.95 bits per heavy atom. The summed E-state index contributed by atoms with van der Waals surface area (Å²) in [4.78, 5) is 18.8. The maximum Gasteiger partial charge on any atom is 0.224 e.